The molecule has 8 heteroatoms. The summed E-state index contributed by atoms with van der Waals surface area (Å²) < 4.78 is 25.2. The largest absolute Gasteiger partial charge is 0.322 e. The van der Waals surface area contributed by atoms with Crippen LogP contribution in [0.15, 0.2) is 53.6 Å². The van der Waals surface area contributed by atoms with Crippen molar-refractivity contribution in [3.8, 4) is 5.82 Å². The van der Waals surface area contributed by atoms with E-state index in [1.807, 2.05) is 36.6 Å². The molecule has 140 valence electrons. The minimum atomic E-state index is -3.87. The van der Waals surface area contributed by atoms with Crippen LogP contribution in [0.4, 0.5) is 5.69 Å². The van der Waals surface area contributed by atoms with Crippen LogP contribution < -0.4 is 10.5 Å². The summed E-state index contributed by atoms with van der Waals surface area (Å²) in [4.78, 5) is 17.1. The zero-order valence-corrected chi connectivity index (χ0v) is 16.0. The summed E-state index contributed by atoms with van der Waals surface area (Å²) in [6.07, 6.45) is 1.69. The number of aryl methyl sites for hydroxylation is 2. The minimum Gasteiger partial charge on any atom is -0.322 e. The first-order valence-corrected chi connectivity index (χ1v) is 9.78. The Hall–Kier alpha value is -2.97. The quantitative estimate of drug-likeness (QED) is 0.721. The number of pyridine rings is 1. The third-order valence-electron chi connectivity index (χ3n) is 4.31. The fourth-order valence-corrected chi connectivity index (χ4v) is 3.82. The molecule has 3 rings (SSSR count). The highest BCUT2D eigenvalue weighted by atomic mass is 32.2. The molecule has 3 aromatic rings. The van der Waals surface area contributed by atoms with Crippen molar-refractivity contribution in [3.05, 3.63) is 71.2 Å². The first-order chi connectivity index (χ1) is 12.7. The molecule has 0 aliphatic rings. The number of hydrogen-bond acceptors (Lipinski definition) is 4. The number of hydrogen-bond donors (Lipinski definition) is 2. The van der Waals surface area contributed by atoms with E-state index >= 15 is 0 Å². The van der Waals surface area contributed by atoms with Crippen LogP contribution in [0.5, 0.6) is 0 Å². The van der Waals surface area contributed by atoms with Crippen molar-refractivity contribution >= 4 is 21.6 Å². The van der Waals surface area contributed by atoms with Crippen molar-refractivity contribution in [3.63, 3.8) is 0 Å². The fraction of sp³-hybridized carbons (Fsp3) is 0.158. The van der Waals surface area contributed by atoms with Gasteiger partial charge in [0, 0.05) is 23.3 Å². The Morgan fingerprint density at radius 1 is 1.11 bits per heavy atom. The Labute approximate surface area is 157 Å². The fourth-order valence-electron chi connectivity index (χ4n) is 3.01. The summed E-state index contributed by atoms with van der Waals surface area (Å²) in [6.45, 7) is 5.37. The monoisotopic (exact) mass is 384 g/mol. The molecule has 1 aromatic carbocycles. The number of amides is 1. The molecule has 0 bridgehead atoms. The molecule has 0 fully saturated rings. The SMILES string of the molecule is Cc1ccc(NC(=O)c2cc(C)n(-c3ccccn3)c2C)cc1S(N)(=O)=O. The molecule has 27 heavy (non-hydrogen) atoms. The van der Waals surface area contributed by atoms with Gasteiger partial charge in [0.2, 0.25) is 10.0 Å². The van der Waals surface area contributed by atoms with Gasteiger partial charge in [-0.15, -0.1) is 0 Å². The summed E-state index contributed by atoms with van der Waals surface area (Å²) in [5.41, 5.74) is 2.96. The van der Waals surface area contributed by atoms with Gasteiger partial charge in [0.15, 0.2) is 0 Å². The van der Waals surface area contributed by atoms with Crippen LogP contribution >= 0.6 is 0 Å². The zero-order valence-electron chi connectivity index (χ0n) is 15.2. The normalized spacial score (nSPS) is 11.4. The van der Waals surface area contributed by atoms with E-state index in [9.17, 15) is 13.2 Å². The number of benzene rings is 1. The summed E-state index contributed by atoms with van der Waals surface area (Å²) in [7, 11) is -3.87. The van der Waals surface area contributed by atoms with Crippen molar-refractivity contribution in [1.82, 2.24) is 9.55 Å². The van der Waals surface area contributed by atoms with Crippen LogP contribution in [-0.2, 0) is 10.0 Å². The summed E-state index contributed by atoms with van der Waals surface area (Å²) in [5, 5.41) is 7.97. The highest BCUT2D eigenvalue weighted by Gasteiger charge is 2.18. The molecule has 0 saturated carbocycles. The molecule has 2 aromatic heterocycles. The van der Waals surface area contributed by atoms with Crippen LogP contribution in [0.1, 0.15) is 27.3 Å². The van der Waals surface area contributed by atoms with E-state index in [1.165, 1.54) is 6.07 Å². The molecule has 0 aliphatic heterocycles. The second kappa shape index (κ2) is 6.98. The number of primary sulfonamides is 1. The van der Waals surface area contributed by atoms with E-state index < -0.39 is 10.0 Å². The average molecular weight is 384 g/mol. The standard InChI is InChI=1S/C19H20N4O3S/c1-12-7-8-15(11-17(12)27(20,25)26)22-19(24)16-10-13(2)23(14(16)3)18-6-4-5-9-21-18/h4-11H,1-3H3,(H,22,24)(H2,20,25,26). The second-order valence-electron chi connectivity index (χ2n) is 6.29. The van der Waals surface area contributed by atoms with E-state index in [-0.39, 0.29) is 10.8 Å². The number of anilines is 1. The van der Waals surface area contributed by atoms with Gasteiger partial charge in [-0.05, 0) is 56.7 Å². The third-order valence-corrected chi connectivity index (χ3v) is 5.36. The van der Waals surface area contributed by atoms with Gasteiger partial charge in [-0.25, -0.2) is 18.5 Å². The smallest absolute Gasteiger partial charge is 0.257 e. The van der Waals surface area contributed by atoms with Gasteiger partial charge >= 0.3 is 0 Å². The lowest BCUT2D eigenvalue weighted by Crippen LogP contribution is -2.16. The molecular weight excluding hydrogens is 364 g/mol. The number of carbonyl (C=O) groups is 1. The molecule has 3 N–H and O–H groups in total. The molecule has 1 amide bonds. The number of nitrogens with zero attached hydrogens (tertiary/aromatic N) is 2. The maximum absolute atomic E-state index is 12.8. The molecule has 2 heterocycles. The summed E-state index contributed by atoms with van der Waals surface area (Å²) >= 11 is 0. The molecule has 0 aliphatic carbocycles. The lowest BCUT2D eigenvalue weighted by atomic mass is 10.2. The van der Waals surface area contributed by atoms with Crippen LogP contribution in [0.2, 0.25) is 0 Å². The molecule has 7 nitrogen and oxygen atoms in total. The Morgan fingerprint density at radius 3 is 2.48 bits per heavy atom. The van der Waals surface area contributed by atoms with E-state index in [4.69, 9.17) is 5.14 Å². The Bertz CT molecular complexity index is 1120. The van der Waals surface area contributed by atoms with Crippen molar-refractivity contribution in [2.24, 2.45) is 5.14 Å². The van der Waals surface area contributed by atoms with Gasteiger partial charge in [-0.1, -0.05) is 12.1 Å². The number of aromatic nitrogens is 2. The maximum atomic E-state index is 12.8. The van der Waals surface area contributed by atoms with E-state index in [0.29, 0.717) is 16.8 Å². The van der Waals surface area contributed by atoms with Crippen molar-refractivity contribution in [2.45, 2.75) is 25.7 Å². The molecular formula is C19H20N4O3S. The molecule has 0 unspecified atom stereocenters. The van der Waals surface area contributed by atoms with Gasteiger partial charge in [-0.3, -0.25) is 4.79 Å². The lowest BCUT2D eigenvalue weighted by molar-refractivity contribution is 0.102. The molecule has 0 spiro atoms. The van der Waals surface area contributed by atoms with Gasteiger partial charge in [0.1, 0.15) is 5.82 Å². The highest BCUT2D eigenvalue weighted by Crippen LogP contribution is 2.23. The molecule has 0 atom stereocenters. The van der Waals surface area contributed by atoms with Gasteiger partial charge < -0.3 is 9.88 Å². The van der Waals surface area contributed by atoms with Gasteiger partial charge in [0.05, 0.1) is 10.5 Å². The molecule has 0 radical (unpaired) electrons. The van der Waals surface area contributed by atoms with E-state index in [1.54, 1.807) is 31.3 Å². The van der Waals surface area contributed by atoms with Crippen molar-refractivity contribution in [2.75, 3.05) is 5.32 Å². The maximum Gasteiger partial charge on any atom is 0.257 e. The average Bonchev–Trinajstić information content (AvgIpc) is 2.91. The van der Waals surface area contributed by atoms with Crippen molar-refractivity contribution < 1.29 is 13.2 Å². The predicted molar refractivity (Wildman–Crippen MR) is 104 cm³/mol. The Balaban J connectivity index is 1.95. The Kier molecular flexibility index (Phi) is 4.86. The highest BCUT2D eigenvalue weighted by molar-refractivity contribution is 7.89. The van der Waals surface area contributed by atoms with Gasteiger partial charge in [-0.2, -0.15) is 0 Å². The van der Waals surface area contributed by atoms with Crippen LogP contribution in [0, 0.1) is 20.8 Å². The number of sulfonamides is 1. The first kappa shape index (κ1) is 18.8. The number of nitrogens with two attached hydrogens (primary N) is 1. The molecule has 0 saturated heterocycles. The van der Waals surface area contributed by atoms with Crippen molar-refractivity contribution in [1.29, 1.82) is 0 Å². The van der Waals surface area contributed by atoms with E-state index in [2.05, 4.69) is 10.3 Å². The van der Waals surface area contributed by atoms with Gasteiger partial charge in [0.25, 0.3) is 5.91 Å². The second-order valence-corrected chi connectivity index (χ2v) is 7.82. The zero-order chi connectivity index (χ0) is 19.8. The van der Waals surface area contributed by atoms with Crippen LogP contribution in [0.25, 0.3) is 5.82 Å². The van der Waals surface area contributed by atoms with E-state index in [0.717, 1.165) is 17.2 Å². The third kappa shape index (κ3) is 3.76. The minimum absolute atomic E-state index is 0.0146. The Morgan fingerprint density at radius 2 is 1.85 bits per heavy atom. The summed E-state index contributed by atoms with van der Waals surface area (Å²) in [5.74, 6) is 0.382. The van der Waals surface area contributed by atoms with Crippen LogP contribution in [0.3, 0.4) is 0 Å². The number of rotatable bonds is 4. The predicted octanol–water partition coefficient (Wildman–Crippen LogP) is 2.70. The number of nitrogens with one attached hydrogen (secondary N) is 1. The summed E-state index contributed by atoms with van der Waals surface area (Å²) in [6, 6.07) is 11.9. The van der Waals surface area contributed by atoms with Crippen LogP contribution in [-0.4, -0.2) is 23.9 Å². The first-order valence-electron chi connectivity index (χ1n) is 8.23. The topological polar surface area (TPSA) is 107 Å². The lowest BCUT2D eigenvalue weighted by Gasteiger charge is -2.10. The number of carbonyl (C=O) groups excluding carboxylic acids is 1.